The Morgan fingerprint density at radius 1 is 1.00 bits per heavy atom. The van der Waals surface area contributed by atoms with Crippen LogP contribution in [0.4, 0.5) is 11.4 Å². The number of halogens is 3. The Labute approximate surface area is 217 Å². The average molecular weight is 539 g/mol. The number of hydrogen-bond donors (Lipinski definition) is 1. The van der Waals surface area contributed by atoms with E-state index in [1.54, 1.807) is 37.3 Å². The van der Waals surface area contributed by atoms with Gasteiger partial charge in [-0.15, -0.1) is 11.3 Å². The Bertz CT molecular complexity index is 1180. The molecule has 2 aromatic carbocycles. The summed E-state index contributed by atoms with van der Waals surface area (Å²) in [5.74, 6) is 0.101. The number of thiophene rings is 1. The molecule has 34 heavy (non-hydrogen) atoms. The van der Waals surface area contributed by atoms with Gasteiger partial charge in [-0.1, -0.05) is 40.9 Å². The standard InChI is InChI=1S/C24H22Cl3N3O3S/c1-15(33-21-7-4-16(25)13-19(21)27)23(31)28-17-5-6-20(18(26)14-17)29-8-10-30(11-9-29)24(32)22-3-2-12-34-22/h2-7,12-15H,8-11H2,1H3,(H,28,31)/t15-/m1/s1. The van der Waals surface area contributed by atoms with Gasteiger partial charge in [0, 0.05) is 36.9 Å². The number of carbonyl (C=O) groups excluding carboxylic acids is 2. The molecule has 6 nitrogen and oxygen atoms in total. The number of anilines is 2. The van der Waals surface area contributed by atoms with Gasteiger partial charge in [-0.05, 0) is 54.8 Å². The number of ether oxygens (including phenoxy) is 1. The predicted molar refractivity (Wildman–Crippen MR) is 139 cm³/mol. The molecule has 10 heteroatoms. The van der Waals surface area contributed by atoms with Crippen LogP contribution in [0.5, 0.6) is 5.75 Å². The maximum atomic E-state index is 12.6. The van der Waals surface area contributed by atoms with Crippen LogP contribution in [0.25, 0.3) is 0 Å². The summed E-state index contributed by atoms with van der Waals surface area (Å²) < 4.78 is 5.66. The van der Waals surface area contributed by atoms with Crippen molar-refractivity contribution in [1.29, 1.82) is 0 Å². The molecule has 1 saturated heterocycles. The van der Waals surface area contributed by atoms with E-state index in [0.717, 1.165) is 10.6 Å². The van der Waals surface area contributed by atoms with Crippen molar-refractivity contribution in [1.82, 2.24) is 4.90 Å². The summed E-state index contributed by atoms with van der Waals surface area (Å²) in [7, 11) is 0. The van der Waals surface area contributed by atoms with E-state index in [9.17, 15) is 9.59 Å². The number of benzene rings is 2. The summed E-state index contributed by atoms with van der Waals surface area (Å²) in [6.07, 6.45) is -0.786. The van der Waals surface area contributed by atoms with Crippen molar-refractivity contribution in [2.24, 2.45) is 0 Å². The van der Waals surface area contributed by atoms with Gasteiger partial charge in [0.25, 0.3) is 11.8 Å². The molecule has 1 aliphatic heterocycles. The van der Waals surface area contributed by atoms with Crippen LogP contribution in [-0.4, -0.2) is 49.0 Å². The molecule has 1 atom stereocenters. The molecule has 0 unspecified atom stereocenters. The number of carbonyl (C=O) groups is 2. The van der Waals surface area contributed by atoms with Gasteiger partial charge in [-0.25, -0.2) is 0 Å². The lowest BCUT2D eigenvalue weighted by atomic mass is 10.2. The summed E-state index contributed by atoms with van der Waals surface area (Å²) >= 11 is 20.0. The van der Waals surface area contributed by atoms with Crippen molar-refractivity contribution in [3.63, 3.8) is 0 Å². The molecule has 2 heterocycles. The lowest BCUT2D eigenvalue weighted by Gasteiger charge is -2.36. The fourth-order valence-corrected chi connectivity index (χ4v) is 5.05. The average Bonchev–Trinajstić information content (AvgIpc) is 3.36. The first-order valence-electron chi connectivity index (χ1n) is 10.6. The minimum absolute atomic E-state index is 0.0648. The van der Waals surface area contributed by atoms with Crippen LogP contribution >= 0.6 is 46.1 Å². The minimum atomic E-state index is -0.786. The second-order valence-electron chi connectivity index (χ2n) is 7.75. The van der Waals surface area contributed by atoms with Crippen LogP contribution < -0.4 is 15.0 Å². The van der Waals surface area contributed by atoms with Gasteiger partial charge in [-0.3, -0.25) is 9.59 Å². The van der Waals surface area contributed by atoms with Crippen molar-refractivity contribution < 1.29 is 14.3 Å². The zero-order valence-corrected chi connectivity index (χ0v) is 21.3. The molecule has 1 N–H and O–H groups in total. The van der Waals surface area contributed by atoms with Gasteiger partial charge in [0.05, 0.1) is 20.6 Å². The highest BCUT2D eigenvalue weighted by Crippen LogP contribution is 2.31. The Morgan fingerprint density at radius 2 is 1.76 bits per heavy atom. The molecule has 0 spiro atoms. The van der Waals surface area contributed by atoms with Crippen LogP contribution in [0, 0.1) is 0 Å². The van der Waals surface area contributed by atoms with Gasteiger partial charge < -0.3 is 19.9 Å². The zero-order chi connectivity index (χ0) is 24.2. The van der Waals surface area contributed by atoms with Gasteiger partial charge in [-0.2, -0.15) is 0 Å². The summed E-state index contributed by atoms with van der Waals surface area (Å²) in [4.78, 5) is 29.9. The molecular weight excluding hydrogens is 517 g/mol. The Kier molecular flexibility index (Phi) is 7.88. The first kappa shape index (κ1) is 24.7. The topological polar surface area (TPSA) is 61.9 Å². The molecular formula is C24H22Cl3N3O3S. The van der Waals surface area contributed by atoms with Crippen LogP contribution in [0.2, 0.25) is 15.1 Å². The van der Waals surface area contributed by atoms with E-state index < -0.39 is 6.10 Å². The molecule has 1 aromatic heterocycles. The first-order valence-corrected chi connectivity index (χ1v) is 12.6. The lowest BCUT2D eigenvalue weighted by molar-refractivity contribution is -0.122. The summed E-state index contributed by atoms with van der Waals surface area (Å²) in [6.45, 7) is 4.22. The smallest absolute Gasteiger partial charge is 0.265 e. The molecule has 178 valence electrons. The third-order valence-corrected chi connectivity index (χ3v) is 7.11. The second-order valence-corrected chi connectivity index (χ2v) is 9.95. The highest BCUT2D eigenvalue weighted by Gasteiger charge is 2.24. The van der Waals surface area contributed by atoms with E-state index in [0.29, 0.717) is 52.7 Å². The second kappa shape index (κ2) is 10.9. The number of nitrogens with zero attached hydrogens (tertiary/aromatic N) is 2. The van der Waals surface area contributed by atoms with Gasteiger partial charge in [0.2, 0.25) is 0 Å². The maximum Gasteiger partial charge on any atom is 0.265 e. The molecule has 3 aromatic rings. The summed E-state index contributed by atoms with van der Waals surface area (Å²) in [6, 6.07) is 13.9. The van der Waals surface area contributed by atoms with E-state index in [1.807, 2.05) is 28.5 Å². The van der Waals surface area contributed by atoms with Crippen molar-refractivity contribution in [2.45, 2.75) is 13.0 Å². The van der Waals surface area contributed by atoms with Crippen molar-refractivity contribution in [3.8, 4) is 5.75 Å². The van der Waals surface area contributed by atoms with E-state index in [-0.39, 0.29) is 11.8 Å². The predicted octanol–water partition coefficient (Wildman–Crippen LogP) is 6.08. The molecule has 0 radical (unpaired) electrons. The third-order valence-electron chi connectivity index (χ3n) is 5.42. The summed E-state index contributed by atoms with van der Waals surface area (Å²) in [5, 5.41) is 6.05. The van der Waals surface area contributed by atoms with E-state index in [1.165, 1.54) is 11.3 Å². The fourth-order valence-electron chi connectivity index (χ4n) is 3.61. The third kappa shape index (κ3) is 5.78. The number of hydrogen-bond acceptors (Lipinski definition) is 5. The number of rotatable bonds is 6. The quantitative estimate of drug-likeness (QED) is 0.413. The van der Waals surface area contributed by atoms with E-state index in [4.69, 9.17) is 39.5 Å². The van der Waals surface area contributed by atoms with E-state index in [2.05, 4.69) is 10.2 Å². The highest BCUT2D eigenvalue weighted by molar-refractivity contribution is 7.12. The van der Waals surface area contributed by atoms with Crippen molar-refractivity contribution in [3.05, 3.63) is 73.9 Å². The minimum Gasteiger partial charge on any atom is -0.479 e. The van der Waals surface area contributed by atoms with Gasteiger partial charge in [0.1, 0.15) is 5.75 Å². The monoisotopic (exact) mass is 537 g/mol. The number of piperazine rings is 1. The molecule has 0 saturated carbocycles. The maximum absolute atomic E-state index is 12.6. The number of nitrogens with one attached hydrogen (secondary N) is 1. The van der Waals surface area contributed by atoms with Crippen LogP contribution in [-0.2, 0) is 4.79 Å². The number of amides is 2. The van der Waals surface area contributed by atoms with E-state index >= 15 is 0 Å². The van der Waals surface area contributed by atoms with Crippen molar-refractivity contribution in [2.75, 3.05) is 36.4 Å². The first-order chi connectivity index (χ1) is 16.3. The molecule has 4 rings (SSSR count). The Morgan fingerprint density at radius 3 is 2.41 bits per heavy atom. The molecule has 0 aliphatic carbocycles. The normalized spacial score (nSPS) is 14.6. The van der Waals surface area contributed by atoms with Crippen LogP contribution in [0.1, 0.15) is 16.6 Å². The largest absolute Gasteiger partial charge is 0.479 e. The van der Waals surface area contributed by atoms with Crippen LogP contribution in [0.15, 0.2) is 53.9 Å². The highest BCUT2D eigenvalue weighted by atomic mass is 35.5. The Balaban J connectivity index is 1.34. The SMILES string of the molecule is C[C@@H](Oc1ccc(Cl)cc1Cl)C(=O)Nc1ccc(N2CCN(C(=O)c3cccs3)CC2)c(Cl)c1. The summed E-state index contributed by atoms with van der Waals surface area (Å²) in [5.41, 5.74) is 1.42. The molecule has 2 amide bonds. The van der Waals surface area contributed by atoms with Crippen LogP contribution in [0.3, 0.4) is 0 Å². The molecule has 1 aliphatic rings. The Hall–Kier alpha value is -2.45. The zero-order valence-electron chi connectivity index (χ0n) is 18.3. The fraction of sp³-hybridized carbons (Fsp3) is 0.250. The van der Waals surface area contributed by atoms with Gasteiger partial charge in [0.15, 0.2) is 6.10 Å². The van der Waals surface area contributed by atoms with Crippen molar-refractivity contribution >= 4 is 69.3 Å². The van der Waals surface area contributed by atoms with Gasteiger partial charge >= 0.3 is 0 Å². The molecule has 1 fully saturated rings. The molecule has 0 bridgehead atoms. The lowest BCUT2D eigenvalue weighted by Crippen LogP contribution is -2.48.